The Kier molecular flexibility index (Phi) is 3.85. The average Bonchev–Trinajstić information content (AvgIpc) is 2.60. The minimum atomic E-state index is 0.131. The van der Waals surface area contributed by atoms with E-state index in [-0.39, 0.29) is 17.7 Å². The SMILES string of the molecule is CC(C)OC1CC[N+](C=O)(C23CC4CC(CC(C4)C2)C3)c2ccccc21. The molecule has 1 aliphatic heterocycles. The Labute approximate surface area is 157 Å². The van der Waals surface area contributed by atoms with Crippen LogP contribution in [0.25, 0.3) is 0 Å². The minimum absolute atomic E-state index is 0.131. The molecule has 3 heteroatoms. The number of nitrogens with zero attached hydrogens (tertiary/aromatic N) is 1. The maximum atomic E-state index is 12.8. The Morgan fingerprint density at radius 3 is 2.27 bits per heavy atom. The van der Waals surface area contributed by atoms with E-state index in [2.05, 4.69) is 38.1 Å². The van der Waals surface area contributed by atoms with Gasteiger partial charge in [-0.3, -0.25) is 0 Å². The highest BCUT2D eigenvalue weighted by Gasteiger charge is 2.63. The first-order chi connectivity index (χ1) is 12.6. The van der Waals surface area contributed by atoms with Gasteiger partial charge in [-0.1, -0.05) is 18.2 Å². The smallest absolute Gasteiger partial charge is 0.307 e. The van der Waals surface area contributed by atoms with Crippen molar-refractivity contribution in [2.24, 2.45) is 17.8 Å². The number of hydrogen-bond acceptors (Lipinski definition) is 2. The molecule has 1 amide bonds. The van der Waals surface area contributed by atoms with Gasteiger partial charge in [0.15, 0.2) is 0 Å². The molecule has 1 heterocycles. The van der Waals surface area contributed by atoms with E-state index < -0.39 is 0 Å². The zero-order chi connectivity index (χ0) is 17.9. The van der Waals surface area contributed by atoms with Gasteiger partial charge in [-0.25, -0.2) is 9.28 Å². The van der Waals surface area contributed by atoms with Gasteiger partial charge in [-0.2, -0.15) is 0 Å². The molecule has 3 nitrogen and oxygen atoms in total. The number of carbonyl (C=O) groups is 1. The van der Waals surface area contributed by atoms with Crippen molar-refractivity contribution < 1.29 is 9.53 Å². The van der Waals surface area contributed by atoms with Crippen LogP contribution in [0, 0.1) is 17.8 Å². The molecule has 6 rings (SSSR count). The fourth-order valence-electron chi connectivity index (χ4n) is 7.46. The molecule has 1 aromatic rings. The summed E-state index contributed by atoms with van der Waals surface area (Å²) in [5, 5.41) is 0. The van der Waals surface area contributed by atoms with Gasteiger partial charge < -0.3 is 4.74 Å². The van der Waals surface area contributed by atoms with Gasteiger partial charge in [-0.05, 0) is 50.9 Å². The molecule has 1 aromatic carbocycles. The molecule has 140 valence electrons. The number of carbonyl (C=O) groups excluding carboxylic acids is 1. The molecular formula is C23H32NO2+. The van der Waals surface area contributed by atoms with Crippen LogP contribution in [0.15, 0.2) is 24.3 Å². The summed E-state index contributed by atoms with van der Waals surface area (Å²) in [4.78, 5) is 12.8. The lowest BCUT2D eigenvalue weighted by Crippen LogP contribution is -2.72. The second kappa shape index (κ2) is 5.90. The third-order valence-electron chi connectivity index (χ3n) is 7.93. The van der Waals surface area contributed by atoms with Crippen LogP contribution < -0.4 is 4.48 Å². The summed E-state index contributed by atoms with van der Waals surface area (Å²) >= 11 is 0. The molecule has 0 radical (unpaired) electrons. The first-order valence-electron chi connectivity index (χ1n) is 10.6. The van der Waals surface area contributed by atoms with Gasteiger partial charge in [0.05, 0.1) is 18.8 Å². The predicted molar refractivity (Wildman–Crippen MR) is 104 cm³/mol. The van der Waals surface area contributed by atoms with Crippen LogP contribution in [-0.2, 0) is 9.53 Å². The van der Waals surface area contributed by atoms with Crippen molar-refractivity contribution in [1.29, 1.82) is 0 Å². The topological polar surface area (TPSA) is 26.3 Å². The maximum absolute atomic E-state index is 12.8. The van der Waals surface area contributed by atoms with E-state index in [0.717, 1.165) is 30.7 Å². The van der Waals surface area contributed by atoms with E-state index in [1.165, 1.54) is 56.2 Å². The van der Waals surface area contributed by atoms with Gasteiger partial charge in [-0.15, -0.1) is 0 Å². The van der Waals surface area contributed by atoms with Gasteiger partial charge in [0.2, 0.25) is 0 Å². The molecule has 0 spiro atoms. The molecule has 4 saturated carbocycles. The summed E-state index contributed by atoms with van der Waals surface area (Å²) in [5.41, 5.74) is 2.65. The van der Waals surface area contributed by atoms with E-state index in [0.29, 0.717) is 4.48 Å². The largest absolute Gasteiger partial charge is 0.370 e. The van der Waals surface area contributed by atoms with Crippen LogP contribution in [0.5, 0.6) is 0 Å². The van der Waals surface area contributed by atoms with Gasteiger partial charge >= 0.3 is 6.41 Å². The van der Waals surface area contributed by atoms with E-state index in [4.69, 9.17) is 4.74 Å². The highest BCUT2D eigenvalue weighted by Crippen LogP contribution is 2.61. The summed E-state index contributed by atoms with van der Waals surface area (Å²) < 4.78 is 6.82. The normalized spacial score (nSPS) is 43.5. The minimum Gasteiger partial charge on any atom is -0.370 e. The molecule has 26 heavy (non-hydrogen) atoms. The third kappa shape index (κ3) is 2.29. The predicted octanol–water partition coefficient (Wildman–Crippen LogP) is 4.99. The second-order valence-corrected chi connectivity index (χ2v) is 9.86. The second-order valence-electron chi connectivity index (χ2n) is 9.86. The number of hydrogen-bond donors (Lipinski definition) is 0. The highest BCUT2D eigenvalue weighted by atomic mass is 16.5. The Morgan fingerprint density at radius 1 is 1.08 bits per heavy atom. The fraction of sp³-hybridized carbons (Fsp3) is 0.696. The Balaban J connectivity index is 1.61. The number of rotatable bonds is 4. The van der Waals surface area contributed by atoms with Gasteiger partial charge in [0.1, 0.15) is 11.2 Å². The van der Waals surface area contributed by atoms with Crippen molar-refractivity contribution in [1.82, 2.24) is 4.48 Å². The number of amides is 1. The van der Waals surface area contributed by atoms with Gasteiger partial charge in [0, 0.05) is 37.3 Å². The van der Waals surface area contributed by atoms with Crippen LogP contribution in [0.4, 0.5) is 5.69 Å². The Hall–Kier alpha value is -1.19. The molecule has 2 atom stereocenters. The van der Waals surface area contributed by atoms with Crippen LogP contribution in [0.1, 0.15) is 70.5 Å². The zero-order valence-electron chi connectivity index (χ0n) is 16.2. The van der Waals surface area contributed by atoms with Crippen LogP contribution >= 0.6 is 0 Å². The standard InChI is InChI=1S/C23H32NO2/c1-16(2)26-22-7-8-24(15-25,21-6-4-3-5-20(21)22)23-12-17-9-18(13-23)11-19(10-17)14-23/h3-6,15-19,22H,7-14H2,1-2H3/q+1. The fourth-order valence-corrected chi connectivity index (χ4v) is 7.46. The molecule has 0 N–H and O–H groups in total. The quantitative estimate of drug-likeness (QED) is 0.562. The van der Waals surface area contributed by atoms with Crippen molar-refractivity contribution >= 4 is 12.1 Å². The summed E-state index contributed by atoms with van der Waals surface area (Å²) in [6.45, 7) is 5.13. The molecular weight excluding hydrogens is 322 g/mol. The monoisotopic (exact) mass is 354 g/mol. The number of fused-ring (bicyclic) bond motifs is 1. The van der Waals surface area contributed by atoms with Crippen LogP contribution in [0.2, 0.25) is 0 Å². The summed E-state index contributed by atoms with van der Waals surface area (Å²) in [6.07, 6.45) is 10.6. The molecule has 0 aromatic heterocycles. The van der Waals surface area contributed by atoms with E-state index >= 15 is 0 Å². The van der Waals surface area contributed by atoms with Gasteiger partial charge in [0.25, 0.3) is 0 Å². The lowest BCUT2D eigenvalue weighted by Gasteiger charge is -2.62. The van der Waals surface area contributed by atoms with Crippen LogP contribution in [0.3, 0.4) is 0 Å². The molecule has 4 bridgehead atoms. The van der Waals surface area contributed by atoms with Crippen molar-refractivity contribution in [3.63, 3.8) is 0 Å². The third-order valence-corrected chi connectivity index (χ3v) is 7.93. The van der Waals surface area contributed by atoms with Crippen molar-refractivity contribution in [2.75, 3.05) is 6.54 Å². The lowest BCUT2D eigenvalue weighted by atomic mass is 9.51. The average molecular weight is 355 g/mol. The molecule has 2 unspecified atom stereocenters. The number of ether oxygens (including phenoxy) is 1. The Morgan fingerprint density at radius 2 is 1.69 bits per heavy atom. The van der Waals surface area contributed by atoms with Crippen molar-refractivity contribution in [3.05, 3.63) is 29.8 Å². The van der Waals surface area contributed by atoms with E-state index in [1.54, 1.807) is 0 Å². The maximum Gasteiger partial charge on any atom is 0.307 e. The molecule has 4 aliphatic carbocycles. The number of benzene rings is 1. The Bertz CT molecular complexity index is 677. The first kappa shape index (κ1) is 16.9. The summed E-state index contributed by atoms with van der Waals surface area (Å²) in [7, 11) is 0. The van der Waals surface area contributed by atoms with Crippen molar-refractivity contribution in [3.8, 4) is 0 Å². The zero-order valence-corrected chi connectivity index (χ0v) is 16.2. The summed E-state index contributed by atoms with van der Waals surface area (Å²) in [5.74, 6) is 2.56. The van der Waals surface area contributed by atoms with E-state index in [1.807, 2.05) is 0 Å². The summed E-state index contributed by atoms with van der Waals surface area (Å²) in [6, 6.07) is 8.66. The number of quaternary nitrogens is 1. The molecule has 0 saturated heterocycles. The lowest BCUT2D eigenvalue weighted by molar-refractivity contribution is -0.139. The van der Waals surface area contributed by atoms with E-state index in [9.17, 15) is 4.79 Å². The first-order valence-corrected chi connectivity index (χ1v) is 10.6. The van der Waals surface area contributed by atoms with Crippen LogP contribution in [-0.4, -0.2) is 24.6 Å². The molecule has 5 aliphatic rings. The highest BCUT2D eigenvalue weighted by molar-refractivity contribution is 5.75. The molecule has 4 fully saturated rings. The number of para-hydroxylation sites is 1. The van der Waals surface area contributed by atoms with Crippen molar-refractivity contribution in [2.45, 2.75) is 76.5 Å².